The fourth-order valence-electron chi connectivity index (χ4n) is 1.52. The number of rotatable bonds is 3. The Labute approximate surface area is 68.8 Å². The van der Waals surface area contributed by atoms with Crippen LogP contribution in [0.4, 0.5) is 0 Å². The summed E-state index contributed by atoms with van der Waals surface area (Å²) in [6.07, 6.45) is 3.25. The highest BCUT2D eigenvalue weighted by molar-refractivity contribution is 4.82. The first-order valence-electron chi connectivity index (χ1n) is 4.55. The van der Waals surface area contributed by atoms with Crippen LogP contribution >= 0.6 is 0 Å². The molecule has 0 aromatic carbocycles. The summed E-state index contributed by atoms with van der Waals surface area (Å²) in [4.78, 5) is 0. The van der Waals surface area contributed by atoms with Gasteiger partial charge in [-0.05, 0) is 38.0 Å². The zero-order valence-corrected chi connectivity index (χ0v) is 7.46. The quantitative estimate of drug-likeness (QED) is 0.645. The molecule has 1 saturated carbocycles. The van der Waals surface area contributed by atoms with Crippen LogP contribution in [0.15, 0.2) is 0 Å². The number of nitrogens with two attached hydrogens (primary N) is 1. The molecule has 11 heavy (non-hydrogen) atoms. The molecule has 0 radical (unpaired) electrons. The Bertz CT molecular complexity index is 120. The summed E-state index contributed by atoms with van der Waals surface area (Å²) in [5, 5.41) is 9.30. The van der Waals surface area contributed by atoms with Crippen molar-refractivity contribution < 1.29 is 5.11 Å². The van der Waals surface area contributed by atoms with Crippen LogP contribution in [0.25, 0.3) is 0 Å². The molecule has 4 atom stereocenters. The van der Waals surface area contributed by atoms with E-state index in [4.69, 9.17) is 5.73 Å². The third-order valence-corrected chi connectivity index (χ3v) is 2.95. The maximum Gasteiger partial charge on any atom is 0.0568 e. The van der Waals surface area contributed by atoms with Gasteiger partial charge in [0.05, 0.1) is 6.10 Å². The van der Waals surface area contributed by atoms with Gasteiger partial charge in [-0.15, -0.1) is 0 Å². The van der Waals surface area contributed by atoms with E-state index in [9.17, 15) is 5.11 Å². The molecular formula is C9H19NO. The SMILES string of the molecule is CC(N)C(C)CC1CCC1O. The van der Waals surface area contributed by atoms with Crippen molar-refractivity contribution in [1.82, 2.24) is 0 Å². The lowest BCUT2D eigenvalue weighted by Gasteiger charge is -2.35. The van der Waals surface area contributed by atoms with Crippen LogP contribution in [-0.2, 0) is 0 Å². The first-order valence-corrected chi connectivity index (χ1v) is 4.55. The molecule has 1 aliphatic carbocycles. The maximum atomic E-state index is 9.30. The Hall–Kier alpha value is -0.0800. The molecule has 1 aliphatic rings. The molecule has 0 spiro atoms. The average molecular weight is 157 g/mol. The predicted molar refractivity (Wildman–Crippen MR) is 46.2 cm³/mol. The number of aliphatic hydroxyl groups excluding tert-OH is 1. The van der Waals surface area contributed by atoms with Gasteiger partial charge in [0.15, 0.2) is 0 Å². The minimum Gasteiger partial charge on any atom is -0.393 e. The largest absolute Gasteiger partial charge is 0.393 e. The van der Waals surface area contributed by atoms with Crippen LogP contribution in [0.5, 0.6) is 0 Å². The lowest BCUT2D eigenvalue weighted by atomic mass is 9.75. The number of aliphatic hydroxyl groups is 1. The molecule has 1 rings (SSSR count). The smallest absolute Gasteiger partial charge is 0.0568 e. The van der Waals surface area contributed by atoms with Gasteiger partial charge >= 0.3 is 0 Å². The first kappa shape index (κ1) is 9.01. The average Bonchev–Trinajstić information content (AvgIpc) is 1.96. The molecule has 4 unspecified atom stereocenters. The Balaban J connectivity index is 2.19. The maximum absolute atomic E-state index is 9.30. The second kappa shape index (κ2) is 3.55. The van der Waals surface area contributed by atoms with E-state index in [1.165, 1.54) is 6.42 Å². The number of hydrogen-bond acceptors (Lipinski definition) is 2. The number of hydrogen-bond donors (Lipinski definition) is 2. The van der Waals surface area contributed by atoms with Gasteiger partial charge < -0.3 is 10.8 Å². The molecule has 0 aromatic rings. The van der Waals surface area contributed by atoms with Crippen molar-refractivity contribution >= 4 is 0 Å². The highest BCUT2D eigenvalue weighted by Crippen LogP contribution is 2.33. The second-order valence-corrected chi connectivity index (χ2v) is 3.98. The van der Waals surface area contributed by atoms with Crippen molar-refractivity contribution in [3.63, 3.8) is 0 Å². The topological polar surface area (TPSA) is 46.2 Å². The Morgan fingerprint density at radius 2 is 2.09 bits per heavy atom. The van der Waals surface area contributed by atoms with Crippen LogP contribution in [0.3, 0.4) is 0 Å². The Morgan fingerprint density at radius 1 is 1.45 bits per heavy atom. The van der Waals surface area contributed by atoms with E-state index in [2.05, 4.69) is 6.92 Å². The Morgan fingerprint density at radius 3 is 2.36 bits per heavy atom. The standard InChI is InChI=1S/C9H19NO/c1-6(7(2)10)5-8-3-4-9(8)11/h6-9,11H,3-5,10H2,1-2H3. The summed E-state index contributed by atoms with van der Waals surface area (Å²) in [5.74, 6) is 1.09. The van der Waals surface area contributed by atoms with E-state index >= 15 is 0 Å². The normalized spacial score (nSPS) is 36.0. The summed E-state index contributed by atoms with van der Waals surface area (Å²) in [6, 6.07) is 0.266. The van der Waals surface area contributed by atoms with Crippen molar-refractivity contribution in [1.29, 1.82) is 0 Å². The minimum absolute atomic E-state index is 0.0313. The summed E-state index contributed by atoms with van der Waals surface area (Å²) >= 11 is 0. The highest BCUT2D eigenvalue weighted by Gasteiger charge is 2.30. The van der Waals surface area contributed by atoms with Crippen molar-refractivity contribution in [3.05, 3.63) is 0 Å². The molecule has 0 aromatic heterocycles. The lowest BCUT2D eigenvalue weighted by Crippen LogP contribution is -2.35. The molecule has 1 fully saturated rings. The van der Waals surface area contributed by atoms with E-state index < -0.39 is 0 Å². The summed E-state index contributed by atoms with van der Waals surface area (Å²) in [5.41, 5.74) is 5.73. The van der Waals surface area contributed by atoms with Crippen LogP contribution in [0, 0.1) is 11.8 Å². The van der Waals surface area contributed by atoms with E-state index in [1.807, 2.05) is 6.92 Å². The molecular weight excluding hydrogens is 138 g/mol. The van der Waals surface area contributed by atoms with E-state index in [-0.39, 0.29) is 12.1 Å². The van der Waals surface area contributed by atoms with Crippen LogP contribution in [0.2, 0.25) is 0 Å². The zero-order valence-electron chi connectivity index (χ0n) is 7.46. The van der Waals surface area contributed by atoms with Gasteiger partial charge in [-0.2, -0.15) is 0 Å². The second-order valence-electron chi connectivity index (χ2n) is 3.98. The third-order valence-electron chi connectivity index (χ3n) is 2.95. The van der Waals surface area contributed by atoms with Crippen LogP contribution in [0.1, 0.15) is 33.1 Å². The third kappa shape index (κ3) is 2.17. The van der Waals surface area contributed by atoms with Gasteiger partial charge in [-0.1, -0.05) is 6.92 Å². The van der Waals surface area contributed by atoms with Crippen molar-refractivity contribution in [2.75, 3.05) is 0 Å². The molecule has 3 N–H and O–H groups in total. The molecule has 0 amide bonds. The van der Waals surface area contributed by atoms with Gasteiger partial charge in [0.25, 0.3) is 0 Å². The fraction of sp³-hybridized carbons (Fsp3) is 1.00. The van der Waals surface area contributed by atoms with E-state index in [0.29, 0.717) is 11.8 Å². The highest BCUT2D eigenvalue weighted by atomic mass is 16.3. The monoisotopic (exact) mass is 157 g/mol. The predicted octanol–water partition coefficient (Wildman–Crippen LogP) is 1.13. The van der Waals surface area contributed by atoms with Gasteiger partial charge in [0.1, 0.15) is 0 Å². The van der Waals surface area contributed by atoms with Gasteiger partial charge in [0.2, 0.25) is 0 Å². The molecule has 0 bridgehead atoms. The molecule has 66 valence electrons. The Kier molecular flexibility index (Phi) is 2.90. The molecule has 0 heterocycles. The summed E-state index contributed by atoms with van der Waals surface area (Å²) in [7, 11) is 0. The van der Waals surface area contributed by atoms with Gasteiger partial charge in [-0.3, -0.25) is 0 Å². The van der Waals surface area contributed by atoms with Crippen molar-refractivity contribution in [2.24, 2.45) is 17.6 Å². The van der Waals surface area contributed by atoms with Crippen LogP contribution < -0.4 is 5.73 Å². The summed E-state index contributed by atoms with van der Waals surface area (Å²) < 4.78 is 0. The minimum atomic E-state index is -0.0313. The van der Waals surface area contributed by atoms with Gasteiger partial charge in [0, 0.05) is 6.04 Å². The van der Waals surface area contributed by atoms with Gasteiger partial charge in [-0.25, -0.2) is 0 Å². The van der Waals surface area contributed by atoms with E-state index in [1.54, 1.807) is 0 Å². The molecule has 2 heteroatoms. The van der Waals surface area contributed by atoms with Crippen molar-refractivity contribution in [2.45, 2.75) is 45.3 Å². The van der Waals surface area contributed by atoms with E-state index in [0.717, 1.165) is 12.8 Å². The van der Waals surface area contributed by atoms with Crippen molar-refractivity contribution in [3.8, 4) is 0 Å². The lowest BCUT2D eigenvalue weighted by molar-refractivity contribution is 0.0104. The van der Waals surface area contributed by atoms with Crippen LogP contribution in [-0.4, -0.2) is 17.3 Å². The zero-order chi connectivity index (χ0) is 8.43. The summed E-state index contributed by atoms with van der Waals surface area (Å²) in [6.45, 7) is 4.20. The fourth-order valence-corrected chi connectivity index (χ4v) is 1.52. The molecule has 0 aliphatic heterocycles. The first-order chi connectivity index (χ1) is 5.11. The molecule has 2 nitrogen and oxygen atoms in total. The molecule has 0 saturated heterocycles.